The Labute approximate surface area is 72.5 Å². The van der Waals surface area contributed by atoms with Crippen molar-refractivity contribution in [2.45, 2.75) is 0 Å². The largest absolute Gasteiger partial charge is 0.144 e. The van der Waals surface area contributed by atoms with Gasteiger partial charge in [-0.1, -0.05) is 0 Å². The van der Waals surface area contributed by atoms with E-state index in [2.05, 4.69) is 0 Å². The molecule has 1 heterocycles. The van der Waals surface area contributed by atoms with Gasteiger partial charge in [-0.3, -0.25) is 0 Å². The molecule has 72 valence electrons. The van der Waals surface area contributed by atoms with Crippen molar-refractivity contribution in [3.63, 3.8) is 0 Å². The maximum Gasteiger partial charge on any atom is 0.144 e. The van der Waals surface area contributed by atoms with E-state index in [-0.39, 0.29) is 14.4 Å². The van der Waals surface area contributed by atoms with Gasteiger partial charge < -0.3 is 0 Å². The monoisotopic (exact) mass is 180 g/mol. The third-order valence-electron chi connectivity index (χ3n) is 1.18. The standard InChI is InChI=1S/C6H18N3O3/c1-7(2)10-8(3,4)12-9(5,6)11-7/h1-6H3/q+3. The van der Waals surface area contributed by atoms with Crippen LogP contribution in [-0.4, -0.2) is 56.7 Å². The SMILES string of the molecule is C[N+]1(C)O[N+](C)(C)O[N+](C)(C)O1. The molecular formula is C6H18N3O3+3. The van der Waals surface area contributed by atoms with Gasteiger partial charge in [-0.25, -0.2) is 0 Å². The van der Waals surface area contributed by atoms with E-state index in [1.165, 1.54) is 0 Å². The minimum Gasteiger partial charge on any atom is 0.0638 e. The van der Waals surface area contributed by atoms with Gasteiger partial charge in [0.2, 0.25) is 0 Å². The molecule has 6 nitrogen and oxygen atoms in total. The van der Waals surface area contributed by atoms with Gasteiger partial charge in [0.15, 0.2) is 0 Å². The van der Waals surface area contributed by atoms with Gasteiger partial charge in [0, 0.05) is 0 Å². The Kier molecular flexibility index (Phi) is 1.95. The van der Waals surface area contributed by atoms with Crippen LogP contribution in [0.25, 0.3) is 0 Å². The van der Waals surface area contributed by atoms with Gasteiger partial charge in [0.25, 0.3) is 0 Å². The lowest BCUT2D eigenvalue weighted by Gasteiger charge is -2.37. The van der Waals surface area contributed by atoms with Crippen LogP contribution in [0.2, 0.25) is 0 Å². The van der Waals surface area contributed by atoms with Crippen LogP contribution in [0.5, 0.6) is 0 Å². The van der Waals surface area contributed by atoms with E-state index >= 15 is 0 Å². The molecule has 1 fully saturated rings. The molecule has 1 rings (SSSR count). The van der Waals surface area contributed by atoms with Crippen molar-refractivity contribution in [1.29, 1.82) is 0 Å². The Morgan fingerprint density at radius 1 is 0.500 bits per heavy atom. The molecule has 0 spiro atoms. The Morgan fingerprint density at radius 3 is 0.833 bits per heavy atom. The molecular weight excluding hydrogens is 162 g/mol. The minimum atomic E-state index is 0. The summed E-state index contributed by atoms with van der Waals surface area (Å²) in [6.07, 6.45) is 0. The second kappa shape index (κ2) is 2.38. The average Bonchev–Trinajstić information content (AvgIpc) is 1.44. The van der Waals surface area contributed by atoms with E-state index in [1.807, 2.05) is 0 Å². The van der Waals surface area contributed by atoms with Gasteiger partial charge in [-0.2, -0.15) is 0 Å². The van der Waals surface area contributed by atoms with Crippen LogP contribution in [0, 0.1) is 0 Å². The number of hydrogen-bond donors (Lipinski definition) is 0. The first-order valence-corrected chi connectivity index (χ1v) is 3.78. The third kappa shape index (κ3) is 2.37. The van der Waals surface area contributed by atoms with Crippen molar-refractivity contribution in [2.75, 3.05) is 42.3 Å². The van der Waals surface area contributed by atoms with Crippen LogP contribution in [0.15, 0.2) is 0 Å². The molecule has 0 aromatic heterocycles. The third-order valence-corrected chi connectivity index (χ3v) is 1.18. The van der Waals surface area contributed by atoms with Gasteiger partial charge in [-0.05, 0) is 0 Å². The molecule has 1 aliphatic heterocycles. The molecule has 0 unspecified atom stereocenters. The summed E-state index contributed by atoms with van der Waals surface area (Å²) in [5.74, 6) is 0. The zero-order chi connectivity index (χ0) is 9.62. The Bertz CT molecular complexity index is 145. The molecule has 0 bridgehead atoms. The molecule has 0 saturated carbocycles. The predicted octanol–water partition coefficient (Wildman–Crippen LogP) is -0.231. The van der Waals surface area contributed by atoms with Crippen LogP contribution < -0.4 is 0 Å². The average molecular weight is 180 g/mol. The minimum absolute atomic E-state index is 0. The maximum atomic E-state index is 5.41. The normalized spacial score (nSPS) is 31.5. The molecule has 0 aromatic rings. The molecule has 1 saturated heterocycles. The Morgan fingerprint density at radius 2 is 0.667 bits per heavy atom. The van der Waals surface area contributed by atoms with E-state index in [0.29, 0.717) is 0 Å². The lowest BCUT2D eigenvalue weighted by atomic mass is 11.1. The topological polar surface area (TPSA) is 27.7 Å². The number of hydroxylamine groups is 12. The summed E-state index contributed by atoms with van der Waals surface area (Å²) in [4.78, 5) is 16.2. The molecule has 0 radical (unpaired) electrons. The van der Waals surface area contributed by atoms with Gasteiger partial charge >= 0.3 is 0 Å². The van der Waals surface area contributed by atoms with Crippen LogP contribution in [0.4, 0.5) is 0 Å². The predicted molar refractivity (Wildman–Crippen MR) is 39.6 cm³/mol. The van der Waals surface area contributed by atoms with E-state index in [1.54, 1.807) is 42.3 Å². The van der Waals surface area contributed by atoms with E-state index in [4.69, 9.17) is 14.8 Å². The summed E-state index contributed by atoms with van der Waals surface area (Å²) < 4.78 is 0. The summed E-state index contributed by atoms with van der Waals surface area (Å²) >= 11 is 0. The molecule has 0 aromatic carbocycles. The Hall–Kier alpha value is -0.240. The van der Waals surface area contributed by atoms with Gasteiger partial charge in [0.1, 0.15) is 42.3 Å². The van der Waals surface area contributed by atoms with Crippen molar-refractivity contribution >= 4 is 0 Å². The van der Waals surface area contributed by atoms with Crippen molar-refractivity contribution in [1.82, 2.24) is 0 Å². The lowest BCUT2D eigenvalue weighted by molar-refractivity contribution is -1.65. The van der Waals surface area contributed by atoms with Crippen molar-refractivity contribution in [3.8, 4) is 0 Å². The summed E-state index contributed by atoms with van der Waals surface area (Å²) in [5.41, 5.74) is 0. The van der Waals surface area contributed by atoms with Crippen molar-refractivity contribution in [2.24, 2.45) is 0 Å². The molecule has 12 heavy (non-hydrogen) atoms. The zero-order valence-corrected chi connectivity index (χ0v) is 8.57. The highest BCUT2D eigenvalue weighted by Crippen LogP contribution is 2.23. The first kappa shape index (κ1) is 9.85. The van der Waals surface area contributed by atoms with E-state index in [0.717, 1.165) is 0 Å². The van der Waals surface area contributed by atoms with E-state index < -0.39 is 0 Å². The van der Waals surface area contributed by atoms with Crippen LogP contribution in [0.1, 0.15) is 0 Å². The molecule has 0 atom stereocenters. The maximum absolute atomic E-state index is 5.41. The number of hydrogen-bond acceptors (Lipinski definition) is 3. The second-order valence-corrected chi connectivity index (χ2v) is 4.00. The summed E-state index contributed by atoms with van der Waals surface area (Å²) in [6.45, 7) is 0. The summed E-state index contributed by atoms with van der Waals surface area (Å²) in [5, 5.41) is 0. The second-order valence-electron chi connectivity index (χ2n) is 4.00. The first-order chi connectivity index (χ1) is 5.12. The highest BCUT2D eigenvalue weighted by atomic mass is 17.4. The van der Waals surface area contributed by atoms with Crippen LogP contribution in [0.3, 0.4) is 0 Å². The molecule has 6 heteroatoms. The lowest BCUT2D eigenvalue weighted by Crippen LogP contribution is -2.68. The van der Waals surface area contributed by atoms with Crippen molar-refractivity contribution < 1.29 is 29.2 Å². The molecule has 0 aliphatic carbocycles. The molecule has 0 N–H and O–H groups in total. The number of rotatable bonds is 0. The highest BCUT2D eigenvalue weighted by Gasteiger charge is 2.54. The smallest absolute Gasteiger partial charge is 0.0638 e. The van der Waals surface area contributed by atoms with Gasteiger partial charge in [0.05, 0.1) is 29.2 Å². The quantitative estimate of drug-likeness (QED) is 0.482. The fraction of sp³-hybridized carbons (Fsp3) is 1.00. The summed E-state index contributed by atoms with van der Waals surface area (Å²) in [6, 6.07) is 0. The number of nitrogens with zero attached hydrogens (tertiary/aromatic N) is 3. The van der Waals surface area contributed by atoms with E-state index in [9.17, 15) is 0 Å². The van der Waals surface area contributed by atoms with Gasteiger partial charge in [-0.15, -0.1) is 0 Å². The molecule has 0 amide bonds. The Balaban J connectivity index is 2.81. The molecule has 1 aliphatic rings. The summed E-state index contributed by atoms with van der Waals surface area (Å²) in [7, 11) is 10.8. The fourth-order valence-corrected chi connectivity index (χ4v) is 1.47. The first-order valence-electron chi connectivity index (χ1n) is 3.78. The number of quaternary nitrogens is 3. The zero-order valence-electron chi connectivity index (χ0n) is 8.57. The van der Waals surface area contributed by atoms with Crippen LogP contribution in [-0.2, 0) is 14.8 Å². The van der Waals surface area contributed by atoms with Crippen molar-refractivity contribution in [3.05, 3.63) is 0 Å². The van der Waals surface area contributed by atoms with Crippen LogP contribution >= 0.6 is 0 Å². The highest BCUT2D eigenvalue weighted by molar-refractivity contribution is 3.76. The fourth-order valence-electron chi connectivity index (χ4n) is 1.47.